The second kappa shape index (κ2) is 5.13. The normalized spacial score (nSPS) is 21.9. The van der Waals surface area contributed by atoms with Crippen LogP contribution in [0.25, 0.3) is 0 Å². The van der Waals surface area contributed by atoms with Gasteiger partial charge in [-0.25, -0.2) is 13.6 Å². The van der Waals surface area contributed by atoms with Gasteiger partial charge in [-0.05, 0) is 24.6 Å². The molecule has 116 valence electrons. The maximum atomic E-state index is 11.5. The topological polar surface area (TPSA) is 108 Å². The summed E-state index contributed by atoms with van der Waals surface area (Å²) in [7, 11) is -3.78. The van der Waals surface area contributed by atoms with E-state index in [-0.39, 0.29) is 4.90 Å². The van der Waals surface area contributed by atoms with Gasteiger partial charge in [0.05, 0.1) is 24.7 Å². The van der Waals surface area contributed by atoms with Crippen molar-refractivity contribution >= 4 is 21.4 Å². The lowest BCUT2D eigenvalue weighted by atomic mass is 10.0. The first-order chi connectivity index (χ1) is 9.88. The Bertz CT molecular complexity index is 641. The monoisotopic (exact) mass is 313 g/mol. The number of anilines is 2. The van der Waals surface area contributed by atoms with Gasteiger partial charge in [0.15, 0.2) is 5.79 Å². The van der Waals surface area contributed by atoms with E-state index in [0.29, 0.717) is 25.4 Å². The van der Waals surface area contributed by atoms with Crippen LogP contribution in [0.2, 0.25) is 0 Å². The lowest BCUT2D eigenvalue weighted by Crippen LogP contribution is -2.49. The number of primary sulfonamides is 1. The van der Waals surface area contributed by atoms with Gasteiger partial charge >= 0.3 is 0 Å². The van der Waals surface area contributed by atoms with E-state index in [2.05, 4.69) is 0 Å². The minimum absolute atomic E-state index is 0.0189. The number of hydrogen-bond acceptors (Lipinski definition) is 6. The molecule has 0 unspecified atom stereocenters. The van der Waals surface area contributed by atoms with Crippen LogP contribution < -0.4 is 15.8 Å². The Labute approximate surface area is 123 Å². The van der Waals surface area contributed by atoms with Crippen molar-refractivity contribution in [2.24, 2.45) is 5.14 Å². The molecule has 1 aromatic rings. The fourth-order valence-corrected chi connectivity index (χ4v) is 3.48. The molecule has 1 spiro atoms. The molecule has 2 aliphatic rings. The highest BCUT2D eigenvalue weighted by Gasteiger charge is 2.41. The number of nitrogens with zero attached hydrogens (tertiary/aromatic N) is 1. The number of nitrogens with two attached hydrogens (primary N) is 2. The summed E-state index contributed by atoms with van der Waals surface area (Å²) in [5, 5.41) is 5.19. The highest BCUT2D eigenvalue weighted by Crippen LogP contribution is 2.33. The first-order valence-electron chi connectivity index (χ1n) is 6.84. The third-order valence-corrected chi connectivity index (χ3v) is 4.73. The molecule has 2 fully saturated rings. The smallest absolute Gasteiger partial charge is 0.238 e. The van der Waals surface area contributed by atoms with Gasteiger partial charge in [-0.3, -0.25) is 0 Å². The second-order valence-corrected chi connectivity index (χ2v) is 7.00. The van der Waals surface area contributed by atoms with E-state index in [1.165, 1.54) is 6.07 Å². The Morgan fingerprint density at radius 2 is 1.90 bits per heavy atom. The average Bonchev–Trinajstić information content (AvgIpc) is 2.85. The molecular formula is C13H19N3O4S. The van der Waals surface area contributed by atoms with Crippen LogP contribution in [0, 0.1) is 0 Å². The van der Waals surface area contributed by atoms with Gasteiger partial charge in [-0.2, -0.15) is 0 Å². The zero-order chi connectivity index (χ0) is 15.1. The van der Waals surface area contributed by atoms with Gasteiger partial charge in [0.2, 0.25) is 10.0 Å². The minimum atomic E-state index is -3.78. The van der Waals surface area contributed by atoms with E-state index in [1.54, 1.807) is 12.1 Å². The highest BCUT2D eigenvalue weighted by atomic mass is 32.2. The van der Waals surface area contributed by atoms with Gasteiger partial charge in [0.1, 0.15) is 0 Å². The predicted octanol–water partition coefficient (Wildman–Crippen LogP) is 0.260. The average molecular weight is 313 g/mol. The summed E-state index contributed by atoms with van der Waals surface area (Å²) in [5.41, 5.74) is 6.88. The molecule has 0 bridgehead atoms. The van der Waals surface area contributed by atoms with Gasteiger partial charge in [0, 0.05) is 24.3 Å². The van der Waals surface area contributed by atoms with E-state index in [4.69, 9.17) is 20.3 Å². The lowest BCUT2D eigenvalue weighted by Gasteiger charge is -2.40. The molecule has 4 N–H and O–H groups in total. The molecule has 0 aromatic heterocycles. The van der Waals surface area contributed by atoms with Crippen molar-refractivity contribution in [2.75, 3.05) is 36.9 Å². The van der Waals surface area contributed by atoms with E-state index in [0.717, 1.165) is 25.1 Å². The lowest BCUT2D eigenvalue weighted by molar-refractivity contribution is -0.161. The molecule has 1 aromatic carbocycles. The van der Waals surface area contributed by atoms with Crippen molar-refractivity contribution in [1.29, 1.82) is 0 Å². The van der Waals surface area contributed by atoms with Crippen LogP contribution in [0.1, 0.15) is 12.8 Å². The van der Waals surface area contributed by atoms with Gasteiger partial charge < -0.3 is 20.1 Å². The van der Waals surface area contributed by atoms with Crippen molar-refractivity contribution in [3.63, 3.8) is 0 Å². The number of benzene rings is 1. The van der Waals surface area contributed by atoms with Crippen LogP contribution in [-0.2, 0) is 19.5 Å². The van der Waals surface area contributed by atoms with Crippen LogP contribution in [0.3, 0.4) is 0 Å². The maximum Gasteiger partial charge on any atom is 0.238 e. The van der Waals surface area contributed by atoms with Crippen molar-refractivity contribution in [1.82, 2.24) is 0 Å². The Kier molecular flexibility index (Phi) is 3.56. The summed E-state index contributed by atoms with van der Waals surface area (Å²) in [4.78, 5) is 2.05. The van der Waals surface area contributed by atoms with Gasteiger partial charge in [-0.15, -0.1) is 0 Å². The first kappa shape index (κ1) is 14.6. The highest BCUT2D eigenvalue weighted by molar-refractivity contribution is 7.89. The summed E-state index contributed by atoms with van der Waals surface area (Å²) in [6, 6.07) is 4.64. The number of rotatable bonds is 2. The molecule has 0 atom stereocenters. The van der Waals surface area contributed by atoms with E-state index >= 15 is 0 Å². The molecule has 0 aliphatic carbocycles. The SMILES string of the molecule is Nc1cc(N2CCCC3(C2)OCCO3)cc(S(N)(=O)=O)c1. The molecule has 3 rings (SSSR count). The molecule has 7 nitrogen and oxygen atoms in total. The molecule has 8 heteroatoms. The number of hydrogen-bond donors (Lipinski definition) is 2. The largest absolute Gasteiger partial charge is 0.399 e. The zero-order valence-electron chi connectivity index (χ0n) is 11.6. The number of piperidine rings is 1. The van der Waals surface area contributed by atoms with Crippen LogP contribution in [0.4, 0.5) is 11.4 Å². The van der Waals surface area contributed by atoms with Crippen molar-refractivity contribution in [3.05, 3.63) is 18.2 Å². The summed E-state index contributed by atoms with van der Waals surface area (Å²) >= 11 is 0. The van der Waals surface area contributed by atoms with E-state index < -0.39 is 15.8 Å². The number of nitrogen functional groups attached to an aromatic ring is 1. The fourth-order valence-electron chi connectivity index (χ4n) is 2.89. The van der Waals surface area contributed by atoms with Crippen molar-refractivity contribution in [3.8, 4) is 0 Å². The molecule has 2 heterocycles. The molecule has 0 radical (unpaired) electrons. The van der Waals surface area contributed by atoms with Gasteiger partial charge in [0.25, 0.3) is 0 Å². The third-order valence-electron chi connectivity index (χ3n) is 3.84. The summed E-state index contributed by atoms with van der Waals surface area (Å²) < 4.78 is 34.5. The molecule has 0 saturated carbocycles. The Morgan fingerprint density at radius 3 is 2.57 bits per heavy atom. The molecule has 2 aliphatic heterocycles. The summed E-state index contributed by atoms with van der Waals surface area (Å²) in [6.45, 7) is 2.53. The third kappa shape index (κ3) is 2.98. The minimum Gasteiger partial charge on any atom is -0.399 e. The fraction of sp³-hybridized carbons (Fsp3) is 0.538. The summed E-state index contributed by atoms with van der Waals surface area (Å²) in [5.74, 6) is -0.579. The van der Waals surface area contributed by atoms with Crippen LogP contribution in [0.5, 0.6) is 0 Å². The second-order valence-electron chi connectivity index (χ2n) is 5.44. The maximum absolute atomic E-state index is 11.5. The molecule has 21 heavy (non-hydrogen) atoms. The van der Waals surface area contributed by atoms with Crippen molar-refractivity contribution in [2.45, 2.75) is 23.5 Å². The van der Waals surface area contributed by atoms with Gasteiger partial charge in [-0.1, -0.05) is 0 Å². The zero-order valence-corrected chi connectivity index (χ0v) is 12.4. The standard InChI is InChI=1S/C13H19N3O4S/c14-10-6-11(8-12(7-10)21(15,17)18)16-3-1-2-13(9-16)19-4-5-20-13/h6-8H,1-5,9,14H2,(H2,15,17,18). The molecule has 2 saturated heterocycles. The number of ether oxygens (including phenoxy) is 2. The van der Waals surface area contributed by atoms with E-state index in [1.807, 2.05) is 4.90 Å². The quantitative estimate of drug-likeness (QED) is 0.758. The Balaban J connectivity index is 1.91. The van der Waals surface area contributed by atoms with Crippen LogP contribution >= 0.6 is 0 Å². The van der Waals surface area contributed by atoms with Crippen LogP contribution in [-0.4, -0.2) is 40.5 Å². The Hall–Kier alpha value is -1.35. The van der Waals surface area contributed by atoms with Crippen molar-refractivity contribution < 1.29 is 17.9 Å². The summed E-state index contributed by atoms with van der Waals surface area (Å²) in [6.07, 6.45) is 1.74. The molecule has 0 amide bonds. The van der Waals surface area contributed by atoms with Crippen LogP contribution in [0.15, 0.2) is 23.1 Å². The first-order valence-corrected chi connectivity index (χ1v) is 8.39. The Morgan fingerprint density at radius 1 is 1.19 bits per heavy atom. The molecular weight excluding hydrogens is 294 g/mol. The van der Waals surface area contributed by atoms with E-state index in [9.17, 15) is 8.42 Å². The number of sulfonamides is 1. The predicted molar refractivity (Wildman–Crippen MR) is 78.3 cm³/mol.